The minimum Gasteiger partial charge on any atom is -0.460 e. The number of esters is 1. The first-order chi connectivity index (χ1) is 11.0. The number of rotatable bonds is 4. The van der Waals surface area contributed by atoms with Gasteiger partial charge in [-0.3, -0.25) is 9.59 Å². The fourth-order valence-corrected chi connectivity index (χ4v) is 2.89. The molecule has 5 nitrogen and oxygen atoms in total. The Labute approximate surface area is 134 Å². The zero-order valence-corrected chi connectivity index (χ0v) is 13.1. The molecule has 1 aromatic rings. The molecule has 6 heteroatoms. The van der Waals surface area contributed by atoms with Crippen molar-refractivity contribution in [2.45, 2.75) is 25.6 Å². The van der Waals surface area contributed by atoms with E-state index >= 15 is 0 Å². The number of hydrogen-bond acceptors (Lipinski definition) is 4. The SMILES string of the molecule is C[C@@]1(C(=O)OCc2ccccc2)C[C@]1(F)C(=O)N1CCOCC1. The average Bonchev–Trinajstić information content (AvgIpc) is 3.18. The molecule has 124 valence electrons. The van der Waals surface area contributed by atoms with E-state index in [2.05, 4.69) is 0 Å². The number of nitrogens with zero attached hydrogens (tertiary/aromatic N) is 1. The van der Waals surface area contributed by atoms with Gasteiger partial charge in [-0.15, -0.1) is 0 Å². The molecule has 3 rings (SSSR count). The summed E-state index contributed by atoms with van der Waals surface area (Å²) in [5.74, 6) is -1.29. The molecular weight excluding hydrogens is 301 g/mol. The number of halogens is 1. The summed E-state index contributed by atoms with van der Waals surface area (Å²) < 4.78 is 25.3. The number of carbonyl (C=O) groups is 2. The summed E-state index contributed by atoms with van der Waals surface area (Å²) in [6.45, 7) is 3.06. The van der Waals surface area contributed by atoms with Crippen molar-refractivity contribution in [3.05, 3.63) is 35.9 Å². The first-order valence-corrected chi connectivity index (χ1v) is 7.74. The van der Waals surface area contributed by atoms with Crippen molar-refractivity contribution in [1.29, 1.82) is 0 Å². The second-order valence-electron chi connectivity index (χ2n) is 6.28. The molecule has 1 aliphatic carbocycles. The van der Waals surface area contributed by atoms with Gasteiger partial charge in [0.05, 0.1) is 13.2 Å². The van der Waals surface area contributed by atoms with Gasteiger partial charge in [0.2, 0.25) is 5.67 Å². The average molecular weight is 321 g/mol. The molecule has 0 spiro atoms. The molecule has 1 saturated carbocycles. The lowest BCUT2D eigenvalue weighted by atomic mass is 10.0. The summed E-state index contributed by atoms with van der Waals surface area (Å²) in [5, 5.41) is 0. The highest BCUT2D eigenvalue weighted by atomic mass is 19.1. The Kier molecular flexibility index (Phi) is 4.10. The predicted molar refractivity (Wildman–Crippen MR) is 80.2 cm³/mol. The molecule has 23 heavy (non-hydrogen) atoms. The van der Waals surface area contributed by atoms with Crippen LogP contribution in [0.3, 0.4) is 0 Å². The first-order valence-electron chi connectivity index (χ1n) is 7.74. The van der Waals surface area contributed by atoms with Crippen molar-refractivity contribution >= 4 is 11.9 Å². The van der Waals surface area contributed by atoms with Gasteiger partial charge in [0.25, 0.3) is 5.91 Å². The Bertz CT molecular complexity index is 602. The fraction of sp³-hybridized carbons (Fsp3) is 0.529. The third-order valence-electron chi connectivity index (χ3n) is 4.65. The smallest absolute Gasteiger partial charge is 0.316 e. The van der Waals surface area contributed by atoms with E-state index < -0.39 is 23.0 Å². The van der Waals surface area contributed by atoms with Crippen LogP contribution in [0.5, 0.6) is 0 Å². The van der Waals surface area contributed by atoms with Crippen LogP contribution >= 0.6 is 0 Å². The van der Waals surface area contributed by atoms with Crippen molar-refractivity contribution in [3.63, 3.8) is 0 Å². The standard InChI is InChI=1S/C17H20FNO4/c1-16(15(21)23-11-13-5-3-2-4-6-13)12-17(16,18)14(20)19-7-9-22-10-8-19/h2-6H,7-12H2,1H3/t16-,17-/m0/s1. The van der Waals surface area contributed by atoms with Gasteiger partial charge in [-0.25, -0.2) is 4.39 Å². The van der Waals surface area contributed by atoms with Crippen molar-refractivity contribution in [3.8, 4) is 0 Å². The number of morpholine rings is 1. The molecular formula is C17H20FNO4. The van der Waals surface area contributed by atoms with Gasteiger partial charge in [-0.05, 0) is 12.5 Å². The van der Waals surface area contributed by atoms with Crippen molar-refractivity contribution < 1.29 is 23.5 Å². The second-order valence-corrected chi connectivity index (χ2v) is 6.28. The van der Waals surface area contributed by atoms with Gasteiger partial charge in [0.1, 0.15) is 12.0 Å². The first kappa shape index (κ1) is 15.9. The molecule has 0 radical (unpaired) electrons. The summed E-state index contributed by atoms with van der Waals surface area (Å²) in [6, 6.07) is 9.18. The van der Waals surface area contributed by atoms with Crippen LogP contribution in [0.2, 0.25) is 0 Å². The number of amides is 1. The number of hydrogen-bond donors (Lipinski definition) is 0. The Hall–Kier alpha value is -1.95. The van der Waals surface area contributed by atoms with E-state index in [0.29, 0.717) is 26.3 Å². The third kappa shape index (κ3) is 2.83. The maximum atomic E-state index is 15.0. The molecule has 1 aromatic carbocycles. The number of benzene rings is 1. The minimum atomic E-state index is -2.15. The minimum absolute atomic E-state index is 0.0804. The molecule has 0 N–H and O–H groups in total. The normalized spacial score (nSPS) is 29.9. The van der Waals surface area contributed by atoms with E-state index in [-0.39, 0.29) is 13.0 Å². The summed E-state index contributed by atoms with van der Waals surface area (Å²) in [6.07, 6.45) is -0.121. The van der Waals surface area contributed by atoms with Crippen molar-refractivity contribution in [2.24, 2.45) is 5.41 Å². The van der Waals surface area contributed by atoms with Gasteiger partial charge < -0.3 is 14.4 Å². The van der Waals surface area contributed by atoms with Crippen LogP contribution in [0.25, 0.3) is 0 Å². The van der Waals surface area contributed by atoms with Gasteiger partial charge in [-0.2, -0.15) is 0 Å². The lowest BCUT2D eigenvalue weighted by Gasteiger charge is -2.29. The van der Waals surface area contributed by atoms with Crippen LogP contribution in [0.1, 0.15) is 18.9 Å². The van der Waals surface area contributed by atoms with Crippen molar-refractivity contribution in [2.75, 3.05) is 26.3 Å². The number of alkyl halides is 1. The highest BCUT2D eigenvalue weighted by molar-refractivity contribution is 5.99. The molecule has 2 atom stereocenters. The largest absolute Gasteiger partial charge is 0.460 e. The van der Waals surface area contributed by atoms with Crippen LogP contribution in [0, 0.1) is 5.41 Å². The molecule has 1 aliphatic heterocycles. The van der Waals surface area contributed by atoms with Gasteiger partial charge in [0, 0.05) is 19.5 Å². The van der Waals surface area contributed by atoms with E-state index in [9.17, 15) is 14.0 Å². The molecule has 0 bridgehead atoms. The Balaban J connectivity index is 1.61. The molecule has 1 saturated heterocycles. The summed E-state index contributed by atoms with van der Waals surface area (Å²) in [7, 11) is 0. The molecule has 2 fully saturated rings. The Morgan fingerprint density at radius 3 is 2.57 bits per heavy atom. The fourth-order valence-electron chi connectivity index (χ4n) is 2.89. The molecule has 0 unspecified atom stereocenters. The van der Waals surface area contributed by atoms with Crippen LogP contribution in [-0.2, 0) is 25.7 Å². The van der Waals surface area contributed by atoms with Crippen LogP contribution in [0.15, 0.2) is 30.3 Å². The van der Waals surface area contributed by atoms with Crippen LogP contribution in [-0.4, -0.2) is 48.7 Å². The van der Waals surface area contributed by atoms with E-state index in [0.717, 1.165) is 5.56 Å². The van der Waals surface area contributed by atoms with Gasteiger partial charge >= 0.3 is 5.97 Å². The monoisotopic (exact) mass is 321 g/mol. The highest BCUT2D eigenvalue weighted by Gasteiger charge is 2.77. The zero-order chi connectivity index (χ0) is 16.5. The topological polar surface area (TPSA) is 55.8 Å². The predicted octanol–water partition coefficient (Wildman–Crippen LogP) is 1.71. The highest BCUT2D eigenvalue weighted by Crippen LogP contribution is 2.60. The lowest BCUT2D eigenvalue weighted by Crippen LogP contribution is -2.47. The van der Waals surface area contributed by atoms with Gasteiger partial charge in [-0.1, -0.05) is 30.3 Å². The quantitative estimate of drug-likeness (QED) is 0.792. The summed E-state index contributed by atoms with van der Waals surface area (Å²) in [4.78, 5) is 26.0. The van der Waals surface area contributed by atoms with E-state index in [1.165, 1.54) is 11.8 Å². The molecule has 1 heterocycles. The maximum Gasteiger partial charge on any atom is 0.316 e. The zero-order valence-electron chi connectivity index (χ0n) is 13.1. The second kappa shape index (κ2) is 5.92. The third-order valence-corrected chi connectivity index (χ3v) is 4.65. The molecule has 2 aliphatic rings. The lowest BCUT2D eigenvalue weighted by molar-refractivity contribution is -0.157. The van der Waals surface area contributed by atoms with E-state index in [1.807, 2.05) is 30.3 Å². The Morgan fingerprint density at radius 1 is 1.26 bits per heavy atom. The summed E-state index contributed by atoms with van der Waals surface area (Å²) in [5.41, 5.74) is -2.72. The van der Waals surface area contributed by atoms with Gasteiger partial charge in [0.15, 0.2) is 0 Å². The summed E-state index contributed by atoms with van der Waals surface area (Å²) >= 11 is 0. The maximum absolute atomic E-state index is 15.0. The van der Waals surface area contributed by atoms with Crippen molar-refractivity contribution in [1.82, 2.24) is 4.90 Å². The van der Waals surface area contributed by atoms with Crippen LogP contribution < -0.4 is 0 Å². The number of ether oxygens (including phenoxy) is 2. The van der Waals surface area contributed by atoms with E-state index in [4.69, 9.17) is 9.47 Å². The van der Waals surface area contributed by atoms with Crippen LogP contribution in [0.4, 0.5) is 4.39 Å². The Morgan fingerprint density at radius 2 is 1.91 bits per heavy atom. The molecule has 1 amide bonds. The van der Waals surface area contributed by atoms with E-state index in [1.54, 1.807) is 0 Å². The molecule has 0 aromatic heterocycles. The number of carbonyl (C=O) groups excluding carboxylic acids is 2.